The molecule has 1 N–H and O–H groups in total. The van der Waals surface area contributed by atoms with Gasteiger partial charge in [-0.1, -0.05) is 23.7 Å². The molecule has 0 amide bonds. The molecule has 2 saturated heterocycles. The zero-order chi connectivity index (χ0) is 30.9. The van der Waals surface area contributed by atoms with Crippen molar-refractivity contribution < 1.29 is 40.6 Å². The van der Waals surface area contributed by atoms with Gasteiger partial charge in [0.1, 0.15) is 17.7 Å². The van der Waals surface area contributed by atoms with Crippen molar-refractivity contribution in [1.82, 2.24) is 20.2 Å². The molecule has 1 aromatic heterocycles. The van der Waals surface area contributed by atoms with Gasteiger partial charge in [0, 0.05) is 29.5 Å². The molecule has 0 spiro atoms. The number of carbonyl (C=O) groups is 1. The molecule has 232 valence electrons. The van der Waals surface area contributed by atoms with Crippen molar-refractivity contribution >= 4 is 34.3 Å². The normalized spacial score (nSPS) is 20.5. The highest BCUT2D eigenvalue weighted by Crippen LogP contribution is 2.35. The number of fused-ring (bicyclic) bond motifs is 1. The molecule has 5 rings (SSSR count). The molecular weight excluding hydrogens is 604 g/mol. The Morgan fingerprint density at radius 2 is 1.72 bits per heavy atom. The van der Waals surface area contributed by atoms with E-state index in [0.717, 1.165) is 5.56 Å². The fourth-order valence-corrected chi connectivity index (χ4v) is 5.55. The maximum atomic E-state index is 13.7. The number of likely N-dealkylation sites (tertiary alicyclic amines) is 1. The average Bonchev–Trinajstić information content (AvgIpc) is 3.35. The summed E-state index contributed by atoms with van der Waals surface area (Å²) in [6.45, 7) is 1.75. The third-order valence-electron chi connectivity index (χ3n) is 7.55. The number of benzene rings is 2. The molecule has 2 aliphatic rings. The van der Waals surface area contributed by atoms with Crippen molar-refractivity contribution in [2.45, 2.75) is 49.9 Å². The largest absolute Gasteiger partial charge is 0.497 e. The molecule has 3 heterocycles. The second kappa shape index (κ2) is 12.3. The number of nitrogens with zero attached hydrogens (tertiary/aromatic N) is 4. The summed E-state index contributed by atoms with van der Waals surface area (Å²) in [6.07, 6.45) is -10.1. The van der Waals surface area contributed by atoms with Gasteiger partial charge in [0.15, 0.2) is 0 Å². The Hall–Kier alpha value is -3.36. The second-order valence-corrected chi connectivity index (χ2v) is 11.0. The van der Waals surface area contributed by atoms with Gasteiger partial charge in [0.2, 0.25) is 5.82 Å². The number of anilines is 1. The summed E-state index contributed by atoms with van der Waals surface area (Å²) in [5.41, 5.74) is 1.07. The van der Waals surface area contributed by atoms with Crippen LogP contribution in [0.5, 0.6) is 5.75 Å². The maximum Gasteiger partial charge on any atom is 0.490 e. The lowest BCUT2D eigenvalue weighted by Crippen LogP contribution is -2.51. The van der Waals surface area contributed by atoms with Crippen LogP contribution in [0, 0.1) is 0 Å². The minimum atomic E-state index is -5.23. The highest BCUT2D eigenvalue weighted by molar-refractivity contribution is 6.30. The summed E-state index contributed by atoms with van der Waals surface area (Å²) in [5.74, 6) is -3.58. The Balaban J connectivity index is 1.36. The summed E-state index contributed by atoms with van der Waals surface area (Å²) in [6, 6.07) is 10.8. The van der Waals surface area contributed by atoms with E-state index in [1.54, 1.807) is 0 Å². The van der Waals surface area contributed by atoms with Crippen LogP contribution >= 0.6 is 11.6 Å². The van der Waals surface area contributed by atoms with Crippen LogP contribution in [0.2, 0.25) is 5.02 Å². The van der Waals surface area contributed by atoms with Crippen LogP contribution in [-0.2, 0) is 22.3 Å². The Labute approximate surface area is 247 Å². The van der Waals surface area contributed by atoms with Gasteiger partial charge in [-0.05, 0) is 61.8 Å². The second-order valence-electron chi connectivity index (χ2n) is 10.5. The summed E-state index contributed by atoms with van der Waals surface area (Å²) in [4.78, 5) is 22.8. The van der Waals surface area contributed by atoms with Gasteiger partial charge >= 0.3 is 18.3 Å². The molecule has 2 aliphatic heterocycles. The molecule has 43 heavy (non-hydrogen) atoms. The first-order valence-corrected chi connectivity index (χ1v) is 13.9. The van der Waals surface area contributed by atoms with Gasteiger partial charge in [0.05, 0.1) is 25.2 Å². The van der Waals surface area contributed by atoms with Gasteiger partial charge in [0.25, 0.3) is 0 Å². The lowest BCUT2D eigenvalue weighted by Gasteiger charge is -2.34. The van der Waals surface area contributed by atoms with Crippen LogP contribution < -0.4 is 15.0 Å². The van der Waals surface area contributed by atoms with Crippen molar-refractivity contribution in [3.8, 4) is 5.75 Å². The molecule has 3 aromatic rings. The van der Waals surface area contributed by atoms with E-state index in [-0.39, 0.29) is 35.9 Å². The number of carbonyl (C=O) groups excluding carboxylic acids is 1. The Morgan fingerprint density at radius 1 is 1.02 bits per heavy atom. The van der Waals surface area contributed by atoms with Gasteiger partial charge in [-0.3, -0.25) is 4.90 Å². The van der Waals surface area contributed by atoms with E-state index in [4.69, 9.17) is 21.1 Å². The van der Waals surface area contributed by atoms with E-state index in [1.807, 2.05) is 24.3 Å². The fraction of sp³-hybridized carbons (Fsp3) is 0.464. The quantitative estimate of drug-likeness (QED) is 0.281. The van der Waals surface area contributed by atoms with E-state index in [9.17, 15) is 31.1 Å². The Morgan fingerprint density at radius 3 is 2.35 bits per heavy atom. The monoisotopic (exact) mass is 631 g/mol. The first-order valence-electron chi connectivity index (χ1n) is 13.5. The van der Waals surface area contributed by atoms with Crippen LogP contribution in [-0.4, -0.2) is 78.5 Å². The summed E-state index contributed by atoms with van der Waals surface area (Å²) < 4.78 is 90.6. The number of nitrogens with one attached hydrogen (secondary N) is 1. The predicted molar refractivity (Wildman–Crippen MR) is 146 cm³/mol. The fourth-order valence-electron chi connectivity index (χ4n) is 5.43. The highest BCUT2D eigenvalue weighted by atomic mass is 35.5. The highest BCUT2D eigenvalue weighted by Gasteiger charge is 2.46. The predicted octanol–water partition coefficient (Wildman–Crippen LogP) is 5.23. The number of alkyl halides is 6. The van der Waals surface area contributed by atoms with E-state index >= 15 is 0 Å². The lowest BCUT2D eigenvalue weighted by molar-refractivity contribution is -0.204. The van der Waals surface area contributed by atoms with Crippen LogP contribution in [0.3, 0.4) is 0 Å². The van der Waals surface area contributed by atoms with E-state index in [2.05, 4.69) is 20.2 Å². The molecule has 0 aliphatic carbocycles. The number of hydrogen-bond donors (Lipinski definition) is 1. The molecule has 15 heteroatoms. The van der Waals surface area contributed by atoms with Gasteiger partial charge < -0.3 is 19.7 Å². The molecule has 0 bridgehead atoms. The lowest BCUT2D eigenvalue weighted by atomic mass is 10.0. The molecule has 2 aromatic carbocycles. The van der Waals surface area contributed by atoms with E-state index in [0.29, 0.717) is 43.2 Å². The number of esters is 1. The van der Waals surface area contributed by atoms with Crippen LogP contribution in [0.4, 0.5) is 32.2 Å². The van der Waals surface area contributed by atoms with Crippen molar-refractivity contribution in [1.29, 1.82) is 0 Å². The Kier molecular flexibility index (Phi) is 8.91. The van der Waals surface area contributed by atoms with Crippen molar-refractivity contribution in [3.05, 3.63) is 58.9 Å². The van der Waals surface area contributed by atoms with Gasteiger partial charge in [-0.25, -0.2) is 14.8 Å². The molecule has 0 saturated carbocycles. The summed E-state index contributed by atoms with van der Waals surface area (Å²) in [5, 5.41) is 4.16. The molecule has 8 nitrogen and oxygen atoms in total. The van der Waals surface area contributed by atoms with Crippen molar-refractivity contribution in [2.75, 3.05) is 38.2 Å². The van der Waals surface area contributed by atoms with E-state index < -0.39 is 36.3 Å². The molecule has 2 atom stereocenters. The van der Waals surface area contributed by atoms with E-state index in [1.165, 1.54) is 30.2 Å². The van der Waals surface area contributed by atoms with Gasteiger partial charge in [-0.2, -0.15) is 26.3 Å². The number of hydrogen-bond acceptors (Lipinski definition) is 8. The van der Waals surface area contributed by atoms with Gasteiger partial charge in [-0.15, -0.1) is 0 Å². The van der Waals surface area contributed by atoms with Crippen LogP contribution in [0.15, 0.2) is 42.5 Å². The SMILES string of the molecule is COc1ccc2nc(C(F)(F)F)nc(N3CC(NC4CCN(Cc5ccc(Cl)cc5)CC4)C(OC(=O)C(F)(F)F)C3)c2c1. The smallest absolute Gasteiger partial charge is 0.490 e. The molecule has 2 fully saturated rings. The minimum Gasteiger partial charge on any atom is -0.497 e. The minimum absolute atomic E-state index is 0.0218. The maximum absolute atomic E-state index is 13.7. The summed E-state index contributed by atoms with van der Waals surface area (Å²) >= 11 is 5.96. The van der Waals surface area contributed by atoms with Crippen molar-refractivity contribution in [3.63, 3.8) is 0 Å². The van der Waals surface area contributed by atoms with Crippen molar-refractivity contribution in [2.24, 2.45) is 0 Å². The average molecular weight is 632 g/mol. The number of rotatable bonds is 7. The molecule has 0 radical (unpaired) electrons. The first kappa shape index (κ1) is 31.1. The summed E-state index contributed by atoms with van der Waals surface area (Å²) in [7, 11) is 1.38. The number of methoxy groups -OCH3 is 1. The third-order valence-corrected chi connectivity index (χ3v) is 7.80. The number of piperidine rings is 1. The Bertz CT molecular complexity index is 1450. The molecule has 2 unspecified atom stereocenters. The van der Waals surface area contributed by atoms with Crippen LogP contribution in [0.25, 0.3) is 10.9 Å². The number of aromatic nitrogens is 2. The van der Waals surface area contributed by atoms with Crippen LogP contribution in [0.1, 0.15) is 24.2 Å². The first-order chi connectivity index (χ1) is 20.3. The standard InChI is InChI=1S/C28H28ClF6N5O3/c1-42-19-6-7-21-20(12-19)24(38-25(37-21)27(30,31)32)40-14-22(23(15-40)43-26(41)28(33,34)35)36-18-8-10-39(11-9-18)13-16-2-4-17(29)5-3-16/h2-7,12,18,22-23,36H,8-11,13-15H2,1H3. The molecular formula is C28H28ClF6N5O3. The zero-order valence-corrected chi connectivity index (χ0v) is 23.6. The number of ether oxygens (including phenoxy) is 2. The topological polar surface area (TPSA) is 79.8 Å². The number of halogens is 7. The zero-order valence-electron chi connectivity index (χ0n) is 22.9. The third kappa shape index (κ3) is 7.42.